The number of benzene rings is 3. The van der Waals surface area contributed by atoms with Crippen LogP contribution in [0.1, 0.15) is 24.0 Å². The molecule has 3 aromatic rings. The number of thioether (sulfide) groups is 1. The second-order valence-corrected chi connectivity index (χ2v) is 9.57. The number of amides is 2. The molecule has 4 rings (SSSR count). The van der Waals surface area contributed by atoms with Crippen LogP contribution in [-0.2, 0) is 9.59 Å². The number of nitrogens with zero attached hydrogens (tertiary/aromatic N) is 1. The quantitative estimate of drug-likeness (QED) is 0.349. The molecule has 1 atom stereocenters. The third-order valence-corrected chi connectivity index (χ3v) is 6.99. The molecule has 0 saturated carbocycles. The van der Waals surface area contributed by atoms with Crippen molar-refractivity contribution in [1.29, 1.82) is 5.26 Å². The van der Waals surface area contributed by atoms with Crippen molar-refractivity contribution in [3.63, 3.8) is 0 Å². The van der Waals surface area contributed by atoms with Crippen LogP contribution in [0.5, 0.6) is 0 Å². The number of para-hydroxylation sites is 1. The van der Waals surface area contributed by atoms with E-state index in [0.717, 1.165) is 17.3 Å². The monoisotopic (exact) mass is 530 g/mol. The highest BCUT2D eigenvalue weighted by Crippen LogP contribution is 2.41. The van der Waals surface area contributed by atoms with E-state index < -0.39 is 23.5 Å². The summed E-state index contributed by atoms with van der Waals surface area (Å²) < 4.78 is 28.2. The van der Waals surface area contributed by atoms with E-state index in [9.17, 15) is 19.2 Å². The Kier molecular flexibility index (Phi) is 8.24. The Bertz CT molecular complexity index is 1490. The van der Waals surface area contributed by atoms with Crippen LogP contribution < -0.4 is 16.0 Å². The average molecular weight is 531 g/mol. The lowest BCUT2D eigenvalue weighted by atomic mass is 9.82. The highest BCUT2D eigenvalue weighted by molar-refractivity contribution is 8.03. The number of rotatable bonds is 7. The van der Waals surface area contributed by atoms with Gasteiger partial charge in [0, 0.05) is 28.2 Å². The molecular weight excluding hydrogens is 506 g/mol. The molecule has 9 heteroatoms. The summed E-state index contributed by atoms with van der Waals surface area (Å²) in [6.07, 6.45) is 0. The zero-order chi connectivity index (χ0) is 27.2. The van der Waals surface area contributed by atoms with Crippen LogP contribution in [0.3, 0.4) is 0 Å². The van der Waals surface area contributed by atoms with E-state index in [4.69, 9.17) is 0 Å². The second-order valence-electron chi connectivity index (χ2n) is 8.59. The van der Waals surface area contributed by atoms with Crippen LogP contribution in [-0.4, -0.2) is 17.6 Å². The van der Waals surface area contributed by atoms with Gasteiger partial charge < -0.3 is 16.0 Å². The predicted molar refractivity (Wildman–Crippen MR) is 145 cm³/mol. The fraction of sp³-hybridized carbons (Fsp3) is 0.138. The van der Waals surface area contributed by atoms with Gasteiger partial charge in [0.15, 0.2) is 0 Å². The van der Waals surface area contributed by atoms with Crippen LogP contribution in [0.15, 0.2) is 94.7 Å². The zero-order valence-electron chi connectivity index (χ0n) is 20.6. The van der Waals surface area contributed by atoms with Crippen molar-refractivity contribution < 1.29 is 18.4 Å². The minimum absolute atomic E-state index is 0.0765. The third kappa shape index (κ3) is 5.93. The van der Waals surface area contributed by atoms with Gasteiger partial charge in [-0.1, -0.05) is 48.2 Å². The molecule has 0 spiro atoms. The standard InChI is InChI=1S/C29H24F2N4O2S/c1-17-7-3-6-10-24(17)35-28(37)26-18(2)33-29(22(15-32)27(26)21-8-4-5-9-23(21)31)38-16-25(36)34-20-13-11-19(30)12-14-20/h3-14,27,33H,16H2,1-2H3,(H,34,36)(H,35,37)/t27-/m0/s1. The molecule has 0 unspecified atom stereocenters. The molecule has 0 aliphatic carbocycles. The maximum Gasteiger partial charge on any atom is 0.254 e. The number of carbonyl (C=O) groups is 2. The van der Waals surface area contributed by atoms with Crippen LogP contribution in [0, 0.1) is 29.9 Å². The van der Waals surface area contributed by atoms with Crippen molar-refractivity contribution in [2.75, 3.05) is 16.4 Å². The van der Waals surface area contributed by atoms with E-state index in [1.165, 1.54) is 36.4 Å². The van der Waals surface area contributed by atoms with Crippen LogP contribution in [0.25, 0.3) is 0 Å². The summed E-state index contributed by atoms with van der Waals surface area (Å²) in [7, 11) is 0. The van der Waals surface area contributed by atoms with Gasteiger partial charge in [0.1, 0.15) is 11.6 Å². The number of hydrogen-bond acceptors (Lipinski definition) is 5. The summed E-state index contributed by atoms with van der Waals surface area (Å²) in [5, 5.41) is 19.1. The number of carbonyl (C=O) groups excluding carboxylic acids is 2. The fourth-order valence-corrected chi connectivity index (χ4v) is 5.01. The molecule has 6 nitrogen and oxygen atoms in total. The van der Waals surface area contributed by atoms with Gasteiger partial charge in [-0.2, -0.15) is 5.26 Å². The van der Waals surface area contributed by atoms with E-state index in [1.54, 1.807) is 31.2 Å². The first-order valence-corrected chi connectivity index (χ1v) is 12.7. The summed E-state index contributed by atoms with van der Waals surface area (Å²) in [6.45, 7) is 3.53. The highest BCUT2D eigenvalue weighted by atomic mass is 32.2. The first kappa shape index (κ1) is 26.6. The van der Waals surface area contributed by atoms with Gasteiger partial charge in [0.2, 0.25) is 5.91 Å². The predicted octanol–water partition coefficient (Wildman–Crippen LogP) is 5.98. The Morgan fingerprint density at radius 3 is 2.34 bits per heavy atom. The molecule has 2 amide bonds. The minimum atomic E-state index is -0.992. The lowest BCUT2D eigenvalue weighted by Crippen LogP contribution is -2.31. The molecule has 1 aliphatic heterocycles. The van der Waals surface area contributed by atoms with Gasteiger partial charge in [-0.05, 0) is 55.8 Å². The Morgan fingerprint density at radius 1 is 0.974 bits per heavy atom. The molecule has 0 fully saturated rings. The van der Waals surface area contributed by atoms with Crippen molar-refractivity contribution in [1.82, 2.24) is 5.32 Å². The van der Waals surface area contributed by atoms with Crippen LogP contribution in [0.2, 0.25) is 0 Å². The summed E-state index contributed by atoms with van der Waals surface area (Å²) in [6, 6.07) is 20.8. The van der Waals surface area contributed by atoms with Crippen molar-refractivity contribution in [2.45, 2.75) is 19.8 Å². The highest BCUT2D eigenvalue weighted by Gasteiger charge is 2.36. The first-order chi connectivity index (χ1) is 18.3. The van der Waals surface area contributed by atoms with Crippen molar-refractivity contribution in [3.8, 4) is 6.07 Å². The van der Waals surface area contributed by atoms with Gasteiger partial charge >= 0.3 is 0 Å². The van der Waals surface area contributed by atoms with Gasteiger partial charge in [-0.3, -0.25) is 9.59 Å². The summed E-state index contributed by atoms with van der Waals surface area (Å²) in [5.41, 5.74) is 2.82. The molecule has 0 saturated heterocycles. The van der Waals surface area contributed by atoms with E-state index in [0.29, 0.717) is 22.1 Å². The molecule has 38 heavy (non-hydrogen) atoms. The lowest BCUT2D eigenvalue weighted by molar-refractivity contribution is -0.114. The number of dihydropyridines is 1. The molecule has 1 heterocycles. The Balaban J connectivity index is 1.65. The smallest absolute Gasteiger partial charge is 0.254 e. The number of hydrogen-bond donors (Lipinski definition) is 3. The number of nitriles is 1. The molecular formula is C29H24F2N4O2S. The summed E-state index contributed by atoms with van der Waals surface area (Å²) in [4.78, 5) is 26.1. The van der Waals surface area contributed by atoms with Crippen molar-refractivity contribution in [3.05, 3.63) is 117 Å². The maximum atomic E-state index is 15.0. The molecule has 0 aromatic heterocycles. The SMILES string of the molecule is CC1=C(C(=O)Nc2ccccc2C)[C@@H](c2ccccc2F)C(C#N)=C(SCC(=O)Nc2ccc(F)cc2)N1. The van der Waals surface area contributed by atoms with Crippen LogP contribution in [0.4, 0.5) is 20.2 Å². The van der Waals surface area contributed by atoms with Gasteiger partial charge in [-0.25, -0.2) is 8.78 Å². The topological polar surface area (TPSA) is 94.0 Å². The first-order valence-electron chi connectivity index (χ1n) is 11.7. The molecule has 3 aromatic carbocycles. The molecule has 192 valence electrons. The lowest BCUT2D eigenvalue weighted by Gasteiger charge is -2.30. The summed E-state index contributed by atoms with van der Waals surface area (Å²) in [5.74, 6) is -2.89. The summed E-state index contributed by atoms with van der Waals surface area (Å²) >= 11 is 1.06. The second kappa shape index (κ2) is 11.8. The number of nitrogens with one attached hydrogen (secondary N) is 3. The van der Waals surface area contributed by atoms with Crippen LogP contribution >= 0.6 is 11.8 Å². The Morgan fingerprint density at radius 2 is 1.66 bits per heavy atom. The van der Waals surface area contributed by atoms with Gasteiger partial charge in [0.25, 0.3) is 5.91 Å². The van der Waals surface area contributed by atoms with Crippen molar-refractivity contribution in [2.24, 2.45) is 0 Å². The normalized spacial score (nSPS) is 15.0. The number of halogens is 2. The molecule has 0 radical (unpaired) electrons. The molecule has 3 N–H and O–H groups in total. The number of allylic oxidation sites excluding steroid dienone is 2. The Hall–Kier alpha value is -4.42. The number of aryl methyl sites for hydroxylation is 1. The molecule has 1 aliphatic rings. The maximum absolute atomic E-state index is 15.0. The molecule has 0 bridgehead atoms. The minimum Gasteiger partial charge on any atom is -0.353 e. The van der Waals surface area contributed by atoms with Gasteiger partial charge in [0.05, 0.1) is 28.3 Å². The third-order valence-electron chi connectivity index (χ3n) is 5.98. The van der Waals surface area contributed by atoms with E-state index >= 15 is 4.39 Å². The average Bonchev–Trinajstić information content (AvgIpc) is 2.90. The van der Waals surface area contributed by atoms with Crippen molar-refractivity contribution >= 4 is 35.0 Å². The van der Waals surface area contributed by atoms with E-state index in [2.05, 4.69) is 22.0 Å². The fourth-order valence-electron chi connectivity index (χ4n) is 4.12. The largest absolute Gasteiger partial charge is 0.353 e. The van der Waals surface area contributed by atoms with E-state index in [-0.39, 0.29) is 28.4 Å². The number of anilines is 2. The Labute approximate surface area is 223 Å². The van der Waals surface area contributed by atoms with Gasteiger partial charge in [-0.15, -0.1) is 0 Å². The van der Waals surface area contributed by atoms with E-state index in [1.807, 2.05) is 19.1 Å². The zero-order valence-corrected chi connectivity index (χ0v) is 21.5.